The molecule has 1 fully saturated rings. The van der Waals surface area contributed by atoms with Gasteiger partial charge in [0.1, 0.15) is 17.5 Å². The van der Waals surface area contributed by atoms with Crippen LogP contribution in [-0.2, 0) is 17.8 Å². The molecule has 3 heterocycles. The first kappa shape index (κ1) is 26.2. The Bertz CT molecular complexity index is 1130. The van der Waals surface area contributed by atoms with Crippen LogP contribution in [0.3, 0.4) is 0 Å². The molecule has 1 unspecified atom stereocenters. The zero-order valence-electron chi connectivity index (χ0n) is 22.1. The molecule has 1 saturated heterocycles. The van der Waals surface area contributed by atoms with Crippen LogP contribution in [-0.4, -0.2) is 65.1 Å². The molecule has 0 saturated carbocycles. The van der Waals surface area contributed by atoms with Gasteiger partial charge in [0.15, 0.2) is 5.82 Å². The van der Waals surface area contributed by atoms with Gasteiger partial charge in [0.05, 0.1) is 19.2 Å². The van der Waals surface area contributed by atoms with Gasteiger partial charge in [-0.1, -0.05) is 31.9 Å². The molecule has 9 nitrogen and oxygen atoms in total. The summed E-state index contributed by atoms with van der Waals surface area (Å²) in [6.45, 7) is 11.5. The molecule has 4 rings (SSSR count). The number of nitrogens with zero attached hydrogens (tertiary/aromatic N) is 4. The third-order valence-electron chi connectivity index (χ3n) is 6.64. The molecule has 1 aromatic carbocycles. The second-order valence-electron chi connectivity index (χ2n) is 9.54. The molecular weight excluding hydrogens is 454 g/mol. The van der Waals surface area contributed by atoms with E-state index in [-0.39, 0.29) is 12.2 Å². The van der Waals surface area contributed by atoms with Gasteiger partial charge in [-0.15, -0.1) is 0 Å². The number of unbranched alkanes of at least 4 members (excludes halogenated alkanes) is 2. The van der Waals surface area contributed by atoms with Crippen LogP contribution < -0.4 is 21.1 Å². The smallest absolute Gasteiger partial charge is 0.222 e. The summed E-state index contributed by atoms with van der Waals surface area (Å²) in [6, 6.07) is 9.00. The van der Waals surface area contributed by atoms with E-state index in [9.17, 15) is 0 Å². The van der Waals surface area contributed by atoms with Gasteiger partial charge in [0.2, 0.25) is 5.95 Å². The molecule has 196 valence electrons. The van der Waals surface area contributed by atoms with Gasteiger partial charge >= 0.3 is 0 Å². The Hall–Kier alpha value is -2.88. The van der Waals surface area contributed by atoms with Crippen molar-refractivity contribution in [3.8, 4) is 5.75 Å². The second-order valence-corrected chi connectivity index (χ2v) is 9.54. The van der Waals surface area contributed by atoms with E-state index >= 15 is 0 Å². The van der Waals surface area contributed by atoms with Crippen molar-refractivity contribution in [2.45, 2.75) is 65.4 Å². The molecule has 0 spiro atoms. The van der Waals surface area contributed by atoms with E-state index in [2.05, 4.69) is 62.1 Å². The van der Waals surface area contributed by atoms with Crippen LogP contribution in [0.25, 0.3) is 11.0 Å². The van der Waals surface area contributed by atoms with Gasteiger partial charge in [-0.2, -0.15) is 4.98 Å². The number of ether oxygens (including phenoxy) is 2. The first-order valence-corrected chi connectivity index (χ1v) is 13.1. The zero-order valence-corrected chi connectivity index (χ0v) is 22.1. The largest absolute Gasteiger partial charge is 0.496 e. The molecule has 1 atom stereocenters. The number of fused-ring (bicyclic) bond motifs is 1. The normalized spacial score (nSPS) is 15.2. The van der Waals surface area contributed by atoms with Crippen molar-refractivity contribution in [3.05, 3.63) is 41.6 Å². The minimum Gasteiger partial charge on any atom is -0.496 e. The van der Waals surface area contributed by atoms with Gasteiger partial charge < -0.3 is 25.1 Å². The minimum atomic E-state index is 0.0974. The Labute approximate surface area is 214 Å². The summed E-state index contributed by atoms with van der Waals surface area (Å²) in [7, 11) is 1.74. The molecule has 9 heteroatoms. The van der Waals surface area contributed by atoms with Crippen molar-refractivity contribution in [1.29, 1.82) is 0 Å². The maximum absolute atomic E-state index is 5.98. The maximum atomic E-state index is 5.98. The lowest BCUT2D eigenvalue weighted by molar-refractivity contribution is 0.0121. The van der Waals surface area contributed by atoms with Gasteiger partial charge in [-0.05, 0) is 38.0 Å². The summed E-state index contributed by atoms with van der Waals surface area (Å²) in [5, 5.41) is 6.98. The Balaban J connectivity index is 1.43. The number of benzene rings is 1. The Kier molecular flexibility index (Phi) is 9.01. The predicted octanol–water partition coefficient (Wildman–Crippen LogP) is 3.83. The summed E-state index contributed by atoms with van der Waals surface area (Å²) in [5.74, 6) is 1.97. The standard InChI is InChI=1S/C27H41N7O2/c1-5-7-8-12-29-26-25-23(31-27(28)32-26)11-13-34(25)16-21-10-9-20(14-24(21)35-4)15-33-17-22(18-33)30-19(3)36-6-2/h9-11,13-14,19,22,30H,5-8,12,15-18H2,1-4H3,(H3,28,29,31,32). The Morgan fingerprint density at radius 1 is 1.14 bits per heavy atom. The Morgan fingerprint density at radius 3 is 2.72 bits per heavy atom. The highest BCUT2D eigenvalue weighted by Gasteiger charge is 2.27. The van der Waals surface area contributed by atoms with Gasteiger partial charge in [-0.3, -0.25) is 10.2 Å². The van der Waals surface area contributed by atoms with E-state index in [0.29, 0.717) is 12.6 Å². The highest BCUT2D eigenvalue weighted by Crippen LogP contribution is 2.28. The number of hydrogen-bond donors (Lipinski definition) is 3. The fourth-order valence-corrected chi connectivity index (χ4v) is 4.86. The molecule has 1 aliphatic rings. The summed E-state index contributed by atoms with van der Waals surface area (Å²) < 4.78 is 13.6. The van der Waals surface area contributed by atoms with Crippen molar-refractivity contribution in [3.63, 3.8) is 0 Å². The fourth-order valence-electron chi connectivity index (χ4n) is 4.86. The van der Waals surface area contributed by atoms with Crippen molar-refractivity contribution < 1.29 is 9.47 Å². The monoisotopic (exact) mass is 495 g/mol. The predicted molar refractivity (Wildman–Crippen MR) is 145 cm³/mol. The third-order valence-corrected chi connectivity index (χ3v) is 6.64. The molecule has 1 aliphatic heterocycles. The van der Waals surface area contributed by atoms with Crippen LogP contribution >= 0.6 is 0 Å². The zero-order chi connectivity index (χ0) is 25.5. The van der Waals surface area contributed by atoms with E-state index in [1.807, 2.05) is 19.2 Å². The molecule has 2 aromatic heterocycles. The molecule has 4 N–H and O–H groups in total. The lowest BCUT2D eigenvalue weighted by Crippen LogP contribution is -2.59. The first-order valence-electron chi connectivity index (χ1n) is 13.1. The maximum Gasteiger partial charge on any atom is 0.222 e. The van der Waals surface area contributed by atoms with E-state index in [1.165, 1.54) is 18.4 Å². The molecular formula is C27H41N7O2. The highest BCUT2D eigenvalue weighted by molar-refractivity contribution is 5.87. The molecule has 0 radical (unpaired) electrons. The number of rotatable bonds is 14. The van der Waals surface area contributed by atoms with Crippen molar-refractivity contribution >= 4 is 22.8 Å². The molecule has 3 aromatic rings. The van der Waals surface area contributed by atoms with Gasteiger partial charge in [0.25, 0.3) is 0 Å². The average Bonchev–Trinajstić information content (AvgIpc) is 3.23. The number of anilines is 2. The number of aromatic nitrogens is 3. The topological polar surface area (TPSA) is 102 Å². The van der Waals surface area contributed by atoms with Crippen LogP contribution in [0.5, 0.6) is 5.75 Å². The summed E-state index contributed by atoms with van der Waals surface area (Å²) in [6.07, 6.45) is 5.59. The minimum absolute atomic E-state index is 0.0974. The van der Waals surface area contributed by atoms with Gasteiger partial charge in [-0.25, -0.2) is 4.98 Å². The number of nitrogen functional groups attached to an aromatic ring is 1. The Morgan fingerprint density at radius 2 is 1.97 bits per heavy atom. The van der Waals surface area contributed by atoms with Crippen LogP contribution in [0.4, 0.5) is 11.8 Å². The number of hydrogen-bond acceptors (Lipinski definition) is 8. The van der Waals surface area contributed by atoms with Crippen LogP contribution in [0, 0.1) is 0 Å². The average molecular weight is 496 g/mol. The van der Waals surface area contributed by atoms with E-state index in [0.717, 1.165) is 67.4 Å². The number of methoxy groups -OCH3 is 1. The molecule has 0 amide bonds. The molecule has 0 bridgehead atoms. The summed E-state index contributed by atoms with van der Waals surface area (Å²) in [4.78, 5) is 11.4. The van der Waals surface area contributed by atoms with Gasteiger partial charge in [0, 0.05) is 50.6 Å². The van der Waals surface area contributed by atoms with E-state index in [4.69, 9.17) is 15.2 Å². The number of likely N-dealkylation sites (tertiary alicyclic amines) is 1. The third kappa shape index (κ3) is 6.46. The van der Waals surface area contributed by atoms with Crippen molar-refractivity contribution in [1.82, 2.24) is 24.8 Å². The summed E-state index contributed by atoms with van der Waals surface area (Å²) >= 11 is 0. The summed E-state index contributed by atoms with van der Waals surface area (Å²) in [5.41, 5.74) is 10.1. The van der Waals surface area contributed by atoms with Crippen molar-refractivity contribution in [2.75, 3.05) is 44.4 Å². The lowest BCUT2D eigenvalue weighted by Gasteiger charge is -2.41. The first-order chi connectivity index (χ1) is 17.5. The van der Waals surface area contributed by atoms with E-state index in [1.54, 1.807) is 7.11 Å². The molecule has 0 aliphatic carbocycles. The quantitative estimate of drug-likeness (QED) is 0.229. The number of nitrogens with two attached hydrogens (primary N) is 1. The fraction of sp³-hybridized carbons (Fsp3) is 0.556. The SMILES string of the molecule is CCCCCNc1nc(N)nc2ccn(Cc3ccc(CN4CC(NC(C)OCC)C4)cc3OC)c12. The second kappa shape index (κ2) is 12.4. The molecule has 36 heavy (non-hydrogen) atoms. The van der Waals surface area contributed by atoms with E-state index < -0.39 is 0 Å². The lowest BCUT2D eigenvalue weighted by atomic mass is 10.1. The number of nitrogens with one attached hydrogen (secondary N) is 2. The van der Waals surface area contributed by atoms with Crippen LogP contribution in [0.2, 0.25) is 0 Å². The van der Waals surface area contributed by atoms with Crippen LogP contribution in [0.15, 0.2) is 30.5 Å². The highest BCUT2D eigenvalue weighted by atomic mass is 16.5. The van der Waals surface area contributed by atoms with Crippen LogP contribution in [0.1, 0.15) is 51.2 Å². The van der Waals surface area contributed by atoms with Crippen molar-refractivity contribution in [2.24, 2.45) is 0 Å².